The van der Waals surface area contributed by atoms with Crippen LogP contribution in [0.25, 0.3) is 10.9 Å². The number of carboxylic acid groups (broad SMARTS) is 1. The summed E-state index contributed by atoms with van der Waals surface area (Å²) in [5.41, 5.74) is 1.78. The molecule has 0 bridgehead atoms. The topological polar surface area (TPSA) is 53.1 Å². The lowest BCUT2D eigenvalue weighted by atomic mass is 10.0. The monoisotopic (exact) mass is 203 g/mol. The molecule has 0 aliphatic heterocycles. The summed E-state index contributed by atoms with van der Waals surface area (Å²) in [4.78, 5) is 14.1. The van der Waals surface area contributed by atoms with Gasteiger partial charge in [-0.3, -0.25) is 4.79 Å². The molecule has 3 nitrogen and oxygen atoms in total. The van der Waals surface area contributed by atoms with Gasteiger partial charge in [-0.1, -0.05) is 25.1 Å². The van der Waals surface area contributed by atoms with Crippen molar-refractivity contribution in [3.8, 4) is 0 Å². The van der Waals surface area contributed by atoms with Crippen molar-refractivity contribution in [2.45, 2.75) is 19.3 Å². The van der Waals surface area contributed by atoms with Gasteiger partial charge < -0.3 is 10.1 Å². The highest BCUT2D eigenvalue weighted by Gasteiger charge is 2.19. The molecule has 2 rings (SSSR count). The van der Waals surface area contributed by atoms with Crippen LogP contribution in [0.2, 0.25) is 0 Å². The van der Waals surface area contributed by atoms with Gasteiger partial charge in [0.2, 0.25) is 0 Å². The van der Waals surface area contributed by atoms with Crippen LogP contribution in [0.4, 0.5) is 0 Å². The normalized spacial score (nSPS) is 12.9. The molecular weight excluding hydrogens is 190 g/mol. The molecule has 0 saturated carbocycles. The van der Waals surface area contributed by atoms with Crippen LogP contribution in [0.15, 0.2) is 30.3 Å². The van der Waals surface area contributed by atoms with E-state index in [0.717, 1.165) is 16.6 Å². The summed E-state index contributed by atoms with van der Waals surface area (Å²) in [6.07, 6.45) is 0.599. The standard InChI is InChI=1S/C12H13NO2/c1-2-9(12(14)15)11-7-8-5-3-4-6-10(8)13-11/h3-7,9,13H,2H2,1H3,(H,14,15). The zero-order chi connectivity index (χ0) is 10.8. The molecule has 1 atom stereocenters. The number of para-hydroxylation sites is 1. The second kappa shape index (κ2) is 3.77. The first kappa shape index (κ1) is 9.77. The number of hydrogen-bond acceptors (Lipinski definition) is 1. The second-order valence-corrected chi connectivity index (χ2v) is 3.61. The van der Waals surface area contributed by atoms with E-state index in [0.29, 0.717) is 6.42 Å². The lowest BCUT2D eigenvalue weighted by molar-refractivity contribution is -0.138. The van der Waals surface area contributed by atoms with Gasteiger partial charge >= 0.3 is 5.97 Å². The van der Waals surface area contributed by atoms with Crippen molar-refractivity contribution in [1.82, 2.24) is 4.98 Å². The van der Waals surface area contributed by atoms with E-state index in [9.17, 15) is 4.79 Å². The van der Waals surface area contributed by atoms with Crippen LogP contribution < -0.4 is 0 Å². The van der Waals surface area contributed by atoms with E-state index in [2.05, 4.69) is 4.98 Å². The van der Waals surface area contributed by atoms with Crippen molar-refractivity contribution < 1.29 is 9.90 Å². The average Bonchev–Trinajstić information content (AvgIpc) is 2.61. The van der Waals surface area contributed by atoms with E-state index in [-0.39, 0.29) is 0 Å². The zero-order valence-electron chi connectivity index (χ0n) is 8.53. The molecular formula is C12H13NO2. The number of aliphatic carboxylic acids is 1. The van der Waals surface area contributed by atoms with Gasteiger partial charge in [-0.2, -0.15) is 0 Å². The molecule has 1 aromatic heterocycles. The molecule has 2 aromatic rings. The number of fused-ring (bicyclic) bond motifs is 1. The highest BCUT2D eigenvalue weighted by atomic mass is 16.4. The van der Waals surface area contributed by atoms with Gasteiger partial charge in [-0.15, -0.1) is 0 Å². The maximum Gasteiger partial charge on any atom is 0.312 e. The molecule has 15 heavy (non-hydrogen) atoms. The van der Waals surface area contributed by atoms with Gasteiger partial charge in [-0.25, -0.2) is 0 Å². The van der Waals surface area contributed by atoms with Gasteiger partial charge in [-0.05, 0) is 23.9 Å². The fourth-order valence-electron chi connectivity index (χ4n) is 1.81. The summed E-state index contributed by atoms with van der Waals surface area (Å²) >= 11 is 0. The largest absolute Gasteiger partial charge is 0.481 e. The second-order valence-electron chi connectivity index (χ2n) is 3.61. The number of aromatic amines is 1. The Morgan fingerprint density at radius 3 is 2.80 bits per heavy atom. The summed E-state index contributed by atoms with van der Waals surface area (Å²) in [5.74, 6) is -1.21. The van der Waals surface area contributed by atoms with Crippen molar-refractivity contribution in [3.63, 3.8) is 0 Å². The van der Waals surface area contributed by atoms with Gasteiger partial charge in [0.25, 0.3) is 0 Å². The van der Waals surface area contributed by atoms with Crippen molar-refractivity contribution in [2.75, 3.05) is 0 Å². The Kier molecular flexibility index (Phi) is 2.46. The van der Waals surface area contributed by atoms with Crippen LogP contribution >= 0.6 is 0 Å². The Morgan fingerprint density at radius 2 is 2.20 bits per heavy atom. The Balaban J connectivity index is 2.47. The number of hydrogen-bond donors (Lipinski definition) is 2. The fraction of sp³-hybridized carbons (Fsp3) is 0.250. The van der Waals surface area contributed by atoms with E-state index in [1.807, 2.05) is 37.3 Å². The molecule has 0 aliphatic rings. The Morgan fingerprint density at radius 1 is 1.47 bits per heavy atom. The van der Waals surface area contributed by atoms with Gasteiger partial charge in [0, 0.05) is 11.2 Å². The Hall–Kier alpha value is -1.77. The Bertz CT molecular complexity index is 454. The summed E-state index contributed by atoms with van der Waals surface area (Å²) in [5, 5.41) is 10.1. The minimum Gasteiger partial charge on any atom is -0.481 e. The summed E-state index contributed by atoms with van der Waals surface area (Å²) < 4.78 is 0. The van der Waals surface area contributed by atoms with Gasteiger partial charge in [0.1, 0.15) is 0 Å². The maximum absolute atomic E-state index is 11.0. The van der Waals surface area contributed by atoms with Crippen LogP contribution in [0.3, 0.4) is 0 Å². The van der Waals surface area contributed by atoms with Crippen LogP contribution in [0.5, 0.6) is 0 Å². The predicted octanol–water partition coefficient (Wildman–Crippen LogP) is 2.75. The third kappa shape index (κ3) is 1.73. The molecule has 0 amide bonds. The number of carboxylic acids is 1. The molecule has 0 aliphatic carbocycles. The highest BCUT2D eigenvalue weighted by molar-refractivity contribution is 5.83. The molecule has 0 spiro atoms. The minimum absolute atomic E-state index is 0.433. The molecule has 1 heterocycles. The number of rotatable bonds is 3. The van der Waals surface area contributed by atoms with Crippen LogP contribution in [-0.2, 0) is 4.79 Å². The van der Waals surface area contributed by atoms with Crippen molar-refractivity contribution in [1.29, 1.82) is 0 Å². The molecule has 0 radical (unpaired) electrons. The van der Waals surface area contributed by atoms with Crippen LogP contribution in [0, 0.1) is 0 Å². The number of nitrogens with one attached hydrogen (secondary N) is 1. The van der Waals surface area contributed by atoms with E-state index in [1.165, 1.54) is 0 Å². The molecule has 0 saturated heterocycles. The van der Waals surface area contributed by atoms with Gasteiger partial charge in [0.05, 0.1) is 5.92 Å². The predicted molar refractivity (Wildman–Crippen MR) is 59.0 cm³/mol. The van der Waals surface area contributed by atoms with E-state index < -0.39 is 11.9 Å². The maximum atomic E-state index is 11.0. The first-order valence-electron chi connectivity index (χ1n) is 5.03. The van der Waals surface area contributed by atoms with Crippen LogP contribution in [0.1, 0.15) is 25.0 Å². The number of H-pyrrole nitrogens is 1. The number of benzene rings is 1. The molecule has 1 aromatic carbocycles. The molecule has 3 heteroatoms. The third-order valence-electron chi connectivity index (χ3n) is 2.63. The Labute approximate surface area is 87.7 Å². The number of aromatic nitrogens is 1. The SMILES string of the molecule is CCC(C(=O)O)c1cc2ccccc2[nH]1. The highest BCUT2D eigenvalue weighted by Crippen LogP contribution is 2.23. The quantitative estimate of drug-likeness (QED) is 0.805. The number of carbonyl (C=O) groups is 1. The lowest BCUT2D eigenvalue weighted by Gasteiger charge is -2.06. The fourth-order valence-corrected chi connectivity index (χ4v) is 1.81. The molecule has 2 N–H and O–H groups in total. The van der Waals surface area contributed by atoms with Crippen LogP contribution in [-0.4, -0.2) is 16.1 Å². The average molecular weight is 203 g/mol. The zero-order valence-corrected chi connectivity index (χ0v) is 8.53. The van der Waals surface area contributed by atoms with Gasteiger partial charge in [0.15, 0.2) is 0 Å². The van der Waals surface area contributed by atoms with E-state index in [1.54, 1.807) is 0 Å². The smallest absolute Gasteiger partial charge is 0.312 e. The third-order valence-corrected chi connectivity index (χ3v) is 2.63. The summed E-state index contributed by atoms with van der Waals surface area (Å²) in [6, 6.07) is 9.72. The van der Waals surface area contributed by atoms with Crippen molar-refractivity contribution in [2.24, 2.45) is 0 Å². The van der Waals surface area contributed by atoms with E-state index >= 15 is 0 Å². The summed E-state index contributed by atoms with van der Waals surface area (Å²) in [7, 11) is 0. The first-order valence-corrected chi connectivity index (χ1v) is 5.03. The first-order chi connectivity index (χ1) is 7.22. The minimum atomic E-state index is -0.774. The summed E-state index contributed by atoms with van der Waals surface area (Å²) in [6.45, 7) is 1.88. The van der Waals surface area contributed by atoms with Crippen molar-refractivity contribution in [3.05, 3.63) is 36.0 Å². The molecule has 1 unspecified atom stereocenters. The van der Waals surface area contributed by atoms with Crippen molar-refractivity contribution >= 4 is 16.9 Å². The molecule has 78 valence electrons. The van der Waals surface area contributed by atoms with E-state index in [4.69, 9.17) is 5.11 Å². The molecule has 0 fully saturated rings. The lowest BCUT2D eigenvalue weighted by Crippen LogP contribution is -2.10.